The number of barbiturate groups is 1. The molecule has 6 nitrogen and oxygen atoms in total. The molecule has 0 bridgehead atoms. The summed E-state index contributed by atoms with van der Waals surface area (Å²) in [5.74, 6) is -1.21. The van der Waals surface area contributed by atoms with E-state index in [1.807, 2.05) is 0 Å². The Morgan fingerprint density at radius 1 is 0.971 bits per heavy atom. The zero-order valence-corrected chi connectivity index (χ0v) is 22.9. The third-order valence-corrected chi connectivity index (χ3v) is 13.4. The molecule has 4 amide bonds. The quantitative estimate of drug-likeness (QED) is 0.290. The van der Waals surface area contributed by atoms with E-state index in [1.54, 1.807) is 6.08 Å². The van der Waals surface area contributed by atoms with Crippen LogP contribution < -0.4 is 20.6 Å². The van der Waals surface area contributed by atoms with Crippen LogP contribution in [-0.4, -0.2) is 52.4 Å². The van der Waals surface area contributed by atoms with Gasteiger partial charge in [-0.3, -0.25) is 0 Å². The molecule has 1 saturated heterocycles. The van der Waals surface area contributed by atoms with E-state index in [1.165, 1.54) is 44.5 Å². The van der Waals surface area contributed by atoms with Crippen LogP contribution in [0.2, 0.25) is 13.1 Å². The minimum atomic E-state index is -1.90. The number of likely N-dealkylation sites (N-methyl/N-ethyl adjacent to an activating group) is 1. The van der Waals surface area contributed by atoms with Gasteiger partial charge in [0, 0.05) is 0 Å². The van der Waals surface area contributed by atoms with E-state index in [2.05, 4.69) is 85.7 Å². The van der Waals surface area contributed by atoms with Gasteiger partial charge >= 0.3 is 211 Å². The molecule has 3 aromatic rings. The molecule has 1 N–H and O–H groups in total. The molecule has 8 heteroatoms. The third-order valence-electron chi connectivity index (χ3n) is 7.62. The SMILES string of the molecule is CN1C(=O)NC(=O)/C(=C\c2cc3c([se]2)N2c4ccccc4[Si](C)(C)c4cccc(c42)C3(C)C)C1=O. The van der Waals surface area contributed by atoms with Gasteiger partial charge in [0.15, 0.2) is 0 Å². The zero-order chi connectivity index (χ0) is 24.9. The number of imide groups is 2. The average molecular weight is 547 g/mol. The first-order chi connectivity index (χ1) is 16.5. The molecule has 176 valence electrons. The van der Waals surface area contributed by atoms with Gasteiger partial charge in [-0.2, -0.15) is 0 Å². The summed E-state index contributed by atoms with van der Waals surface area (Å²) < 4.78 is 2.20. The molecule has 0 radical (unpaired) electrons. The number of carbonyl (C=O) groups excluding carboxylic acids is 3. The Kier molecular flexibility index (Phi) is 4.56. The van der Waals surface area contributed by atoms with Gasteiger partial charge in [-0.25, -0.2) is 0 Å². The van der Waals surface area contributed by atoms with Crippen LogP contribution in [0.15, 0.2) is 54.1 Å². The first-order valence-electron chi connectivity index (χ1n) is 11.6. The van der Waals surface area contributed by atoms with E-state index < -0.39 is 25.9 Å². The van der Waals surface area contributed by atoms with Crippen molar-refractivity contribution in [3.8, 4) is 0 Å². The summed E-state index contributed by atoms with van der Waals surface area (Å²) in [4.78, 5) is 40.4. The second-order valence-corrected chi connectivity index (χ2v) is 16.9. The summed E-state index contributed by atoms with van der Waals surface area (Å²) in [5.41, 5.74) is 4.87. The number of anilines is 3. The normalized spacial score (nSPS) is 20.4. The number of urea groups is 1. The second kappa shape index (κ2) is 7.16. The number of rotatable bonds is 1. The number of hydrogen-bond donors (Lipinski definition) is 1. The van der Waals surface area contributed by atoms with Crippen molar-refractivity contribution < 1.29 is 14.4 Å². The topological polar surface area (TPSA) is 69.7 Å². The molecule has 0 atom stereocenters. The Balaban J connectivity index is 1.59. The van der Waals surface area contributed by atoms with E-state index in [0.717, 1.165) is 9.34 Å². The molecule has 3 aliphatic heterocycles. The Bertz CT molecular complexity index is 1520. The summed E-state index contributed by atoms with van der Waals surface area (Å²) in [6.07, 6.45) is 1.68. The molecule has 4 heterocycles. The van der Waals surface area contributed by atoms with Gasteiger partial charge in [0.05, 0.1) is 0 Å². The number of nitrogens with one attached hydrogen (secondary N) is 1. The van der Waals surface area contributed by atoms with Crippen molar-refractivity contribution in [1.29, 1.82) is 0 Å². The number of hydrogen-bond acceptors (Lipinski definition) is 4. The number of benzene rings is 2. The van der Waals surface area contributed by atoms with Crippen LogP contribution in [0.1, 0.15) is 29.4 Å². The van der Waals surface area contributed by atoms with Crippen molar-refractivity contribution in [2.45, 2.75) is 32.4 Å². The Morgan fingerprint density at radius 2 is 1.69 bits per heavy atom. The van der Waals surface area contributed by atoms with Crippen molar-refractivity contribution >= 4 is 72.8 Å². The van der Waals surface area contributed by atoms with Crippen LogP contribution >= 0.6 is 0 Å². The van der Waals surface area contributed by atoms with Crippen molar-refractivity contribution in [3.63, 3.8) is 0 Å². The molecule has 0 unspecified atom stereocenters. The summed E-state index contributed by atoms with van der Waals surface area (Å²) in [7, 11) is -0.518. The van der Waals surface area contributed by atoms with Crippen molar-refractivity contribution in [2.24, 2.45) is 0 Å². The van der Waals surface area contributed by atoms with Gasteiger partial charge < -0.3 is 0 Å². The van der Waals surface area contributed by atoms with Crippen molar-refractivity contribution in [2.75, 3.05) is 11.9 Å². The molecular formula is C27H25N3O3SeSi. The van der Waals surface area contributed by atoms with Gasteiger partial charge in [-0.15, -0.1) is 0 Å². The maximum absolute atomic E-state index is 12.7. The molecule has 1 fully saturated rings. The molecule has 2 aromatic carbocycles. The molecular weight excluding hydrogens is 521 g/mol. The van der Waals surface area contributed by atoms with Crippen LogP contribution in [0.4, 0.5) is 20.7 Å². The van der Waals surface area contributed by atoms with Crippen LogP contribution in [-0.2, 0) is 15.0 Å². The van der Waals surface area contributed by atoms with Gasteiger partial charge in [-0.05, 0) is 0 Å². The maximum atomic E-state index is 12.7. The van der Waals surface area contributed by atoms with Crippen LogP contribution in [0.5, 0.6) is 0 Å². The van der Waals surface area contributed by atoms with Gasteiger partial charge in [0.2, 0.25) is 0 Å². The number of para-hydroxylation sites is 2. The number of fused-ring (bicyclic) bond motifs is 4. The monoisotopic (exact) mass is 547 g/mol. The average Bonchev–Trinajstić information content (AvgIpc) is 3.25. The van der Waals surface area contributed by atoms with Crippen LogP contribution in [0.3, 0.4) is 0 Å². The van der Waals surface area contributed by atoms with E-state index >= 15 is 0 Å². The first-order valence-corrected chi connectivity index (χ1v) is 16.3. The molecule has 1 aromatic heterocycles. The van der Waals surface area contributed by atoms with E-state index in [4.69, 9.17) is 0 Å². The predicted molar refractivity (Wildman–Crippen MR) is 141 cm³/mol. The summed E-state index contributed by atoms with van der Waals surface area (Å²) in [6, 6.07) is 16.9. The summed E-state index contributed by atoms with van der Waals surface area (Å²) in [6.45, 7) is 9.37. The van der Waals surface area contributed by atoms with Gasteiger partial charge in [0.1, 0.15) is 0 Å². The zero-order valence-electron chi connectivity index (χ0n) is 20.2. The molecule has 6 rings (SSSR count). The van der Waals surface area contributed by atoms with E-state index in [0.29, 0.717) is 0 Å². The fourth-order valence-corrected chi connectivity index (χ4v) is 11.3. The van der Waals surface area contributed by atoms with Gasteiger partial charge in [0.25, 0.3) is 0 Å². The standard InChI is InChI=1S/C27H25N3O3SeSi/c1-27(2)17-9-8-12-21-22(17)30(19-10-6-7-11-20(19)35(21,4)5)25-18(27)14-15(34-25)13-16-23(31)28-26(33)29(3)24(16)32/h6-14H,1-5H3,(H,28,31,33)/b16-13+. The fourth-order valence-electron chi connectivity index (χ4n) is 5.58. The molecule has 0 spiro atoms. The Morgan fingerprint density at radius 3 is 2.46 bits per heavy atom. The second-order valence-electron chi connectivity index (χ2n) is 10.4. The number of amides is 4. The first kappa shape index (κ1) is 22.3. The summed E-state index contributed by atoms with van der Waals surface area (Å²) >= 11 is -0.124. The summed E-state index contributed by atoms with van der Waals surface area (Å²) in [5, 5.41) is 5.11. The van der Waals surface area contributed by atoms with Crippen molar-refractivity contribution in [3.05, 3.63) is 69.7 Å². The molecule has 35 heavy (non-hydrogen) atoms. The number of nitrogens with zero attached hydrogens (tertiary/aromatic N) is 2. The third kappa shape index (κ3) is 2.91. The number of carbonyl (C=O) groups is 3. The Hall–Kier alpha value is -3.19. The van der Waals surface area contributed by atoms with Crippen LogP contribution in [0.25, 0.3) is 6.08 Å². The Labute approximate surface area is 211 Å². The fraction of sp³-hybridized carbons (Fsp3) is 0.222. The van der Waals surface area contributed by atoms with E-state index in [-0.39, 0.29) is 25.5 Å². The molecule has 0 saturated carbocycles. The predicted octanol–water partition coefficient (Wildman–Crippen LogP) is 3.08. The molecule has 3 aliphatic rings. The van der Waals surface area contributed by atoms with E-state index in [9.17, 15) is 14.4 Å². The van der Waals surface area contributed by atoms with Crippen LogP contribution in [0, 0.1) is 0 Å². The minimum absolute atomic E-state index is 0.00339. The van der Waals surface area contributed by atoms with Gasteiger partial charge in [-0.1, -0.05) is 0 Å². The molecule has 0 aliphatic carbocycles. The van der Waals surface area contributed by atoms with Crippen molar-refractivity contribution in [1.82, 2.24) is 10.2 Å².